The summed E-state index contributed by atoms with van der Waals surface area (Å²) < 4.78 is 13.2. The van der Waals surface area contributed by atoms with E-state index in [1.165, 1.54) is 0 Å². The minimum Gasteiger partial charge on any atom is -0.497 e. The highest BCUT2D eigenvalue weighted by atomic mass is 79.9. The number of imidazole rings is 1. The fourth-order valence-electron chi connectivity index (χ4n) is 1.67. The number of rotatable bonds is 3. The number of hydrogen-bond donors (Lipinski definition) is 0. The highest BCUT2D eigenvalue weighted by Gasteiger charge is 2.11. The van der Waals surface area contributed by atoms with Crippen LogP contribution in [0.3, 0.4) is 0 Å². The first kappa shape index (κ1) is 12.0. The molecule has 4 nitrogen and oxygen atoms in total. The van der Waals surface area contributed by atoms with Crippen LogP contribution in [-0.2, 0) is 7.05 Å². The van der Waals surface area contributed by atoms with Gasteiger partial charge in [-0.1, -0.05) is 0 Å². The fraction of sp³-hybridized carbons (Fsp3) is 0.250. The lowest BCUT2D eigenvalue weighted by Crippen LogP contribution is -1.93. The molecule has 0 N–H and O–H groups in total. The molecular formula is C12H13BrN2O2. The molecule has 2 rings (SSSR count). The van der Waals surface area contributed by atoms with Gasteiger partial charge in [-0.05, 0) is 28.1 Å². The van der Waals surface area contributed by atoms with Gasteiger partial charge in [-0.15, -0.1) is 0 Å². The maximum absolute atomic E-state index is 5.25. The third kappa shape index (κ3) is 2.29. The van der Waals surface area contributed by atoms with Crippen LogP contribution in [0.2, 0.25) is 0 Å². The molecule has 0 atom stereocenters. The van der Waals surface area contributed by atoms with Gasteiger partial charge in [-0.25, -0.2) is 4.98 Å². The maximum atomic E-state index is 5.25. The molecule has 0 unspecified atom stereocenters. The summed E-state index contributed by atoms with van der Waals surface area (Å²) in [5.74, 6) is 1.51. The number of nitrogens with zero attached hydrogens (tertiary/aromatic N) is 2. The van der Waals surface area contributed by atoms with E-state index in [0.29, 0.717) is 0 Å². The van der Waals surface area contributed by atoms with E-state index in [1.807, 2.05) is 29.8 Å². The number of aryl methyl sites for hydroxylation is 1. The van der Waals surface area contributed by atoms with E-state index in [4.69, 9.17) is 9.47 Å². The predicted octanol–water partition coefficient (Wildman–Crippen LogP) is 2.87. The summed E-state index contributed by atoms with van der Waals surface area (Å²) in [5.41, 5.74) is 1.98. The van der Waals surface area contributed by atoms with E-state index in [-0.39, 0.29) is 0 Å². The van der Waals surface area contributed by atoms with Crippen molar-refractivity contribution in [2.24, 2.45) is 7.05 Å². The zero-order valence-corrected chi connectivity index (χ0v) is 11.5. The number of halogens is 1. The van der Waals surface area contributed by atoms with Crippen molar-refractivity contribution in [1.82, 2.24) is 9.55 Å². The van der Waals surface area contributed by atoms with E-state index < -0.39 is 0 Å². The summed E-state index contributed by atoms with van der Waals surface area (Å²) in [6, 6.07) is 5.74. The van der Waals surface area contributed by atoms with Crippen LogP contribution in [0.5, 0.6) is 11.5 Å². The van der Waals surface area contributed by atoms with Gasteiger partial charge < -0.3 is 14.0 Å². The molecule has 2 aromatic rings. The van der Waals surface area contributed by atoms with Gasteiger partial charge in [0.15, 0.2) is 0 Å². The predicted molar refractivity (Wildman–Crippen MR) is 69.4 cm³/mol. The highest BCUT2D eigenvalue weighted by Crippen LogP contribution is 2.32. The van der Waals surface area contributed by atoms with Gasteiger partial charge in [0.25, 0.3) is 0 Å². The highest BCUT2D eigenvalue weighted by molar-refractivity contribution is 9.10. The average Bonchev–Trinajstić information content (AvgIpc) is 2.68. The Morgan fingerprint density at radius 3 is 2.12 bits per heavy atom. The Bertz CT molecular complexity index is 496. The normalized spacial score (nSPS) is 10.4. The molecule has 0 radical (unpaired) electrons. The first-order chi connectivity index (χ1) is 8.15. The molecule has 1 aromatic carbocycles. The van der Waals surface area contributed by atoms with Gasteiger partial charge in [-0.2, -0.15) is 0 Å². The Balaban J connectivity index is 2.58. The van der Waals surface area contributed by atoms with Crippen LogP contribution in [0, 0.1) is 0 Å². The van der Waals surface area contributed by atoms with Crippen molar-refractivity contribution in [3.8, 4) is 22.8 Å². The molecule has 0 fully saturated rings. The second-order valence-corrected chi connectivity index (χ2v) is 4.35. The molecule has 0 saturated heterocycles. The van der Waals surface area contributed by atoms with Crippen LogP contribution in [0.1, 0.15) is 0 Å². The lowest BCUT2D eigenvalue weighted by atomic mass is 10.1. The molecule has 90 valence electrons. The minimum atomic E-state index is 0.757. The number of methoxy groups -OCH3 is 2. The minimum absolute atomic E-state index is 0.757. The van der Waals surface area contributed by atoms with Crippen molar-refractivity contribution in [3.63, 3.8) is 0 Å². The largest absolute Gasteiger partial charge is 0.497 e. The van der Waals surface area contributed by atoms with E-state index >= 15 is 0 Å². The first-order valence-electron chi connectivity index (χ1n) is 5.06. The van der Waals surface area contributed by atoms with Crippen molar-refractivity contribution < 1.29 is 9.47 Å². The Morgan fingerprint density at radius 2 is 1.71 bits per heavy atom. The Hall–Kier alpha value is -1.49. The smallest absolute Gasteiger partial charge is 0.132 e. The van der Waals surface area contributed by atoms with E-state index in [9.17, 15) is 0 Å². The van der Waals surface area contributed by atoms with Crippen molar-refractivity contribution in [3.05, 3.63) is 29.1 Å². The van der Waals surface area contributed by atoms with E-state index in [2.05, 4.69) is 20.9 Å². The van der Waals surface area contributed by atoms with Gasteiger partial charge in [-0.3, -0.25) is 0 Å². The third-order valence-electron chi connectivity index (χ3n) is 2.52. The van der Waals surface area contributed by atoms with Crippen molar-refractivity contribution >= 4 is 15.9 Å². The molecule has 0 amide bonds. The van der Waals surface area contributed by atoms with Gasteiger partial charge in [0.05, 0.1) is 26.2 Å². The Kier molecular flexibility index (Phi) is 3.38. The zero-order valence-electron chi connectivity index (χ0n) is 9.90. The van der Waals surface area contributed by atoms with Crippen LogP contribution >= 0.6 is 15.9 Å². The Morgan fingerprint density at radius 1 is 1.12 bits per heavy atom. The average molecular weight is 297 g/mol. The van der Waals surface area contributed by atoms with Gasteiger partial charge in [0.2, 0.25) is 0 Å². The number of hydrogen-bond acceptors (Lipinski definition) is 3. The zero-order chi connectivity index (χ0) is 12.4. The number of benzene rings is 1. The Labute approximate surface area is 108 Å². The molecular weight excluding hydrogens is 284 g/mol. The summed E-state index contributed by atoms with van der Waals surface area (Å²) in [4.78, 5) is 4.20. The summed E-state index contributed by atoms with van der Waals surface area (Å²) in [5, 5.41) is 0. The summed E-state index contributed by atoms with van der Waals surface area (Å²) >= 11 is 3.43. The topological polar surface area (TPSA) is 36.3 Å². The maximum Gasteiger partial charge on any atom is 0.132 e. The molecule has 0 spiro atoms. The molecule has 0 aliphatic heterocycles. The summed E-state index contributed by atoms with van der Waals surface area (Å²) in [6.07, 6.45) is 1.76. The quantitative estimate of drug-likeness (QED) is 0.874. The molecule has 1 aromatic heterocycles. The standard InChI is InChI=1S/C12H13BrN2O2/c1-15-7-14-12(13)11(15)8-4-9(16-2)6-10(5-8)17-3/h4-7H,1-3H3. The van der Waals surface area contributed by atoms with Gasteiger partial charge in [0.1, 0.15) is 16.1 Å². The molecule has 0 bridgehead atoms. The molecule has 5 heteroatoms. The van der Waals surface area contributed by atoms with Crippen molar-refractivity contribution in [2.45, 2.75) is 0 Å². The second-order valence-electron chi connectivity index (χ2n) is 3.60. The van der Waals surface area contributed by atoms with Crippen LogP contribution in [-0.4, -0.2) is 23.8 Å². The second kappa shape index (κ2) is 4.79. The van der Waals surface area contributed by atoms with Crippen LogP contribution in [0.4, 0.5) is 0 Å². The molecule has 0 saturated carbocycles. The lowest BCUT2D eigenvalue weighted by molar-refractivity contribution is 0.394. The third-order valence-corrected chi connectivity index (χ3v) is 3.10. The van der Waals surface area contributed by atoms with Gasteiger partial charge >= 0.3 is 0 Å². The fourth-order valence-corrected chi connectivity index (χ4v) is 2.27. The lowest BCUT2D eigenvalue weighted by Gasteiger charge is -2.09. The summed E-state index contributed by atoms with van der Waals surface area (Å²) in [7, 11) is 5.22. The molecule has 1 heterocycles. The van der Waals surface area contributed by atoms with Crippen LogP contribution in [0.15, 0.2) is 29.1 Å². The van der Waals surface area contributed by atoms with Gasteiger partial charge in [0, 0.05) is 18.7 Å². The monoisotopic (exact) mass is 296 g/mol. The molecule has 17 heavy (non-hydrogen) atoms. The van der Waals surface area contributed by atoms with Crippen LogP contribution < -0.4 is 9.47 Å². The van der Waals surface area contributed by atoms with E-state index in [0.717, 1.165) is 27.4 Å². The van der Waals surface area contributed by atoms with Crippen molar-refractivity contribution in [2.75, 3.05) is 14.2 Å². The molecule has 0 aliphatic carbocycles. The number of ether oxygens (including phenoxy) is 2. The SMILES string of the molecule is COc1cc(OC)cc(-c2c(Br)ncn2C)c1. The van der Waals surface area contributed by atoms with Crippen LogP contribution in [0.25, 0.3) is 11.3 Å². The molecule has 0 aliphatic rings. The summed E-state index contributed by atoms with van der Waals surface area (Å²) in [6.45, 7) is 0. The van der Waals surface area contributed by atoms with Crippen molar-refractivity contribution in [1.29, 1.82) is 0 Å². The number of aromatic nitrogens is 2. The first-order valence-corrected chi connectivity index (χ1v) is 5.85. The van der Waals surface area contributed by atoms with E-state index in [1.54, 1.807) is 20.5 Å².